The SMILES string of the molecule is COc1c(C)cc(F)c(Cl)c1C1(C(=O)O)CCCCC1. The highest BCUT2D eigenvalue weighted by atomic mass is 35.5. The number of halogens is 2. The van der Waals surface area contributed by atoms with Gasteiger partial charge in [-0.3, -0.25) is 4.79 Å². The van der Waals surface area contributed by atoms with E-state index in [9.17, 15) is 14.3 Å². The summed E-state index contributed by atoms with van der Waals surface area (Å²) in [5, 5.41) is 9.60. The van der Waals surface area contributed by atoms with E-state index in [2.05, 4.69) is 0 Å². The van der Waals surface area contributed by atoms with Crippen LogP contribution in [0.2, 0.25) is 5.02 Å². The summed E-state index contributed by atoms with van der Waals surface area (Å²) in [6.07, 6.45) is 3.49. The molecule has 0 atom stereocenters. The predicted octanol–water partition coefficient (Wildman–Crippen LogP) is 4.08. The lowest BCUT2D eigenvalue weighted by molar-refractivity contribution is -0.145. The third-order valence-corrected chi connectivity index (χ3v) is 4.53. The Hall–Kier alpha value is -1.29. The van der Waals surface area contributed by atoms with Crippen molar-refractivity contribution in [3.05, 3.63) is 28.0 Å². The Bertz CT molecular complexity index is 536. The van der Waals surface area contributed by atoms with Crippen molar-refractivity contribution in [3.8, 4) is 5.75 Å². The first-order chi connectivity index (χ1) is 9.44. The molecule has 0 bridgehead atoms. The highest BCUT2D eigenvalue weighted by Gasteiger charge is 2.45. The Morgan fingerprint density at radius 1 is 1.40 bits per heavy atom. The predicted molar refractivity (Wildman–Crippen MR) is 75.1 cm³/mol. The van der Waals surface area contributed by atoms with Gasteiger partial charge in [0.15, 0.2) is 0 Å². The van der Waals surface area contributed by atoms with Gasteiger partial charge in [0.05, 0.1) is 17.5 Å². The van der Waals surface area contributed by atoms with Crippen LogP contribution in [0.5, 0.6) is 5.75 Å². The molecule has 0 radical (unpaired) electrons. The number of rotatable bonds is 3. The van der Waals surface area contributed by atoms with Crippen molar-refractivity contribution in [2.24, 2.45) is 0 Å². The molecule has 0 amide bonds. The zero-order valence-corrected chi connectivity index (χ0v) is 12.4. The van der Waals surface area contributed by atoms with Crippen molar-refractivity contribution in [2.75, 3.05) is 7.11 Å². The van der Waals surface area contributed by atoms with Gasteiger partial charge in [-0.2, -0.15) is 0 Å². The van der Waals surface area contributed by atoms with Gasteiger partial charge >= 0.3 is 5.97 Å². The van der Waals surface area contributed by atoms with Crippen molar-refractivity contribution >= 4 is 17.6 Å². The molecule has 0 aliphatic heterocycles. The van der Waals surface area contributed by atoms with E-state index >= 15 is 0 Å². The lowest BCUT2D eigenvalue weighted by Crippen LogP contribution is -2.38. The van der Waals surface area contributed by atoms with Crippen LogP contribution < -0.4 is 4.74 Å². The Morgan fingerprint density at radius 2 is 2.00 bits per heavy atom. The van der Waals surface area contributed by atoms with Crippen LogP contribution in [0, 0.1) is 12.7 Å². The maximum absolute atomic E-state index is 14.0. The molecule has 110 valence electrons. The zero-order valence-electron chi connectivity index (χ0n) is 11.6. The molecular formula is C15H18ClFO3. The molecule has 1 fully saturated rings. The van der Waals surface area contributed by atoms with Crippen molar-refractivity contribution in [2.45, 2.75) is 44.4 Å². The first-order valence-electron chi connectivity index (χ1n) is 6.70. The fourth-order valence-electron chi connectivity index (χ4n) is 3.15. The summed E-state index contributed by atoms with van der Waals surface area (Å²) in [4.78, 5) is 11.9. The van der Waals surface area contributed by atoms with E-state index in [1.54, 1.807) is 6.92 Å². The highest BCUT2D eigenvalue weighted by Crippen LogP contribution is 2.48. The summed E-state index contributed by atoms with van der Waals surface area (Å²) in [5.41, 5.74) is -0.282. The van der Waals surface area contributed by atoms with Crippen LogP contribution in [0.25, 0.3) is 0 Å². The molecule has 1 aromatic rings. The highest BCUT2D eigenvalue weighted by molar-refractivity contribution is 6.32. The van der Waals surface area contributed by atoms with Crippen molar-refractivity contribution in [3.63, 3.8) is 0 Å². The first-order valence-corrected chi connectivity index (χ1v) is 7.08. The molecule has 0 unspecified atom stereocenters. The van der Waals surface area contributed by atoms with Crippen LogP contribution in [0.1, 0.15) is 43.2 Å². The summed E-state index contributed by atoms with van der Waals surface area (Å²) in [7, 11) is 1.46. The van der Waals surface area contributed by atoms with E-state index in [0.29, 0.717) is 29.7 Å². The van der Waals surface area contributed by atoms with E-state index in [0.717, 1.165) is 19.3 Å². The number of methoxy groups -OCH3 is 1. The van der Waals surface area contributed by atoms with Gasteiger partial charge < -0.3 is 9.84 Å². The number of hydrogen-bond acceptors (Lipinski definition) is 2. The number of carboxylic acid groups (broad SMARTS) is 1. The van der Waals surface area contributed by atoms with Gasteiger partial charge in [-0.15, -0.1) is 0 Å². The first kappa shape index (κ1) is 15.1. The number of benzene rings is 1. The molecule has 0 heterocycles. The van der Waals surface area contributed by atoms with E-state index < -0.39 is 17.2 Å². The van der Waals surface area contributed by atoms with Crippen LogP contribution in [-0.4, -0.2) is 18.2 Å². The average molecular weight is 301 g/mol. The standard InChI is InChI=1S/C15H18ClFO3/c1-9-8-10(17)12(16)11(13(9)20-2)15(14(18)19)6-4-3-5-7-15/h8H,3-7H2,1-2H3,(H,18,19). The number of hydrogen-bond donors (Lipinski definition) is 1. The number of ether oxygens (including phenoxy) is 1. The number of carbonyl (C=O) groups is 1. The third kappa shape index (κ3) is 2.26. The van der Waals surface area contributed by atoms with E-state index in [-0.39, 0.29) is 5.02 Å². The van der Waals surface area contributed by atoms with Gasteiger partial charge in [0, 0.05) is 5.56 Å². The minimum atomic E-state index is -1.15. The van der Waals surface area contributed by atoms with Crippen LogP contribution in [-0.2, 0) is 10.2 Å². The average Bonchev–Trinajstić information content (AvgIpc) is 2.43. The van der Waals surface area contributed by atoms with Crippen LogP contribution >= 0.6 is 11.6 Å². The second kappa shape index (κ2) is 5.60. The second-order valence-corrected chi connectivity index (χ2v) is 5.72. The molecule has 3 nitrogen and oxygen atoms in total. The molecule has 5 heteroatoms. The lowest BCUT2D eigenvalue weighted by Gasteiger charge is -2.35. The minimum absolute atomic E-state index is 0.128. The zero-order chi connectivity index (χ0) is 14.9. The monoisotopic (exact) mass is 300 g/mol. The Kier molecular flexibility index (Phi) is 4.23. The summed E-state index contributed by atoms with van der Waals surface area (Å²) >= 11 is 6.10. The van der Waals surface area contributed by atoms with Crippen molar-refractivity contribution in [1.82, 2.24) is 0 Å². The van der Waals surface area contributed by atoms with Crippen molar-refractivity contribution < 1.29 is 19.0 Å². The molecule has 0 saturated heterocycles. The van der Waals surface area contributed by atoms with Crippen LogP contribution in [0.3, 0.4) is 0 Å². The molecule has 20 heavy (non-hydrogen) atoms. The summed E-state index contributed by atoms with van der Waals surface area (Å²) in [6.45, 7) is 1.69. The molecule has 0 spiro atoms. The fourth-order valence-corrected chi connectivity index (χ4v) is 3.47. The summed E-state index contributed by atoms with van der Waals surface area (Å²) in [6, 6.07) is 1.28. The third-order valence-electron chi connectivity index (χ3n) is 4.16. The Labute approximate surface area is 122 Å². The quantitative estimate of drug-likeness (QED) is 0.915. The summed E-state index contributed by atoms with van der Waals surface area (Å²) < 4.78 is 19.3. The largest absolute Gasteiger partial charge is 0.496 e. The van der Waals surface area contributed by atoms with Gasteiger partial charge in [0.2, 0.25) is 0 Å². The molecule has 0 aromatic heterocycles. The van der Waals surface area contributed by atoms with Crippen LogP contribution in [0.15, 0.2) is 6.07 Å². The van der Waals surface area contributed by atoms with Gasteiger partial charge in [0.25, 0.3) is 0 Å². The van der Waals surface area contributed by atoms with Gasteiger partial charge in [-0.1, -0.05) is 30.9 Å². The van der Waals surface area contributed by atoms with Crippen molar-refractivity contribution in [1.29, 1.82) is 0 Å². The Morgan fingerprint density at radius 3 is 2.50 bits per heavy atom. The maximum Gasteiger partial charge on any atom is 0.314 e. The molecule has 1 aliphatic carbocycles. The lowest BCUT2D eigenvalue weighted by atomic mass is 9.68. The number of aliphatic carboxylic acids is 1. The molecule has 1 aromatic carbocycles. The van der Waals surface area contributed by atoms with E-state index in [1.165, 1.54) is 13.2 Å². The fraction of sp³-hybridized carbons (Fsp3) is 0.533. The minimum Gasteiger partial charge on any atom is -0.496 e. The molecule has 2 rings (SSSR count). The topological polar surface area (TPSA) is 46.5 Å². The van der Waals surface area contributed by atoms with E-state index in [4.69, 9.17) is 16.3 Å². The van der Waals surface area contributed by atoms with E-state index in [1.807, 2.05) is 0 Å². The smallest absolute Gasteiger partial charge is 0.314 e. The molecule has 1 saturated carbocycles. The normalized spacial score (nSPS) is 17.8. The number of carboxylic acids is 1. The molecule has 1 N–H and O–H groups in total. The maximum atomic E-state index is 14.0. The second-order valence-electron chi connectivity index (χ2n) is 5.35. The number of aryl methyl sites for hydroxylation is 1. The van der Waals surface area contributed by atoms with Gasteiger partial charge in [0.1, 0.15) is 11.6 Å². The molecular weight excluding hydrogens is 283 g/mol. The Balaban J connectivity index is 2.73. The van der Waals surface area contributed by atoms with Gasteiger partial charge in [-0.05, 0) is 31.4 Å². The summed E-state index contributed by atoms with van der Waals surface area (Å²) in [5.74, 6) is -1.16. The van der Waals surface area contributed by atoms with Gasteiger partial charge in [-0.25, -0.2) is 4.39 Å². The molecule has 1 aliphatic rings. The van der Waals surface area contributed by atoms with Crippen LogP contribution in [0.4, 0.5) is 4.39 Å².